The van der Waals surface area contributed by atoms with Crippen LogP contribution in [-0.4, -0.2) is 46.6 Å². The van der Waals surface area contributed by atoms with Crippen LogP contribution in [0.3, 0.4) is 0 Å². The van der Waals surface area contributed by atoms with Gasteiger partial charge < -0.3 is 9.80 Å². The Morgan fingerprint density at radius 3 is 2.59 bits per heavy atom. The van der Waals surface area contributed by atoms with Crippen molar-refractivity contribution in [3.05, 3.63) is 54.4 Å². The molecule has 27 heavy (non-hydrogen) atoms. The van der Waals surface area contributed by atoms with Crippen LogP contribution < -0.4 is 4.90 Å². The molecular weight excluding hydrogens is 336 g/mol. The average Bonchev–Trinajstić information content (AvgIpc) is 3.46. The van der Waals surface area contributed by atoms with Crippen LogP contribution in [0.5, 0.6) is 0 Å². The van der Waals surface area contributed by atoms with Crippen molar-refractivity contribution in [3.8, 4) is 11.1 Å². The molecule has 0 unspecified atom stereocenters. The molecule has 138 valence electrons. The number of fused-ring (bicyclic) bond motifs is 1. The summed E-state index contributed by atoms with van der Waals surface area (Å²) < 4.78 is 1.97. The highest BCUT2D eigenvalue weighted by Crippen LogP contribution is 2.33. The molecule has 1 amide bonds. The summed E-state index contributed by atoms with van der Waals surface area (Å²) in [6.45, 7) is 5.53. The Balaban J connectivity index is 1.42. The minimum Gasteiger partial charge on any atom is -0.366 e. The summed E-state index contributed by atoms with van der Waals surface area (Å²) in [4.78, 5) is 16.7. The summed E-state index contributed by atoms with van der Waals surface area (Å²) in [5, 5.41) is 4.51. The quantitative estimate of drug-likeness (QED) is 0.719. The van der Waals surface area contributed by atoms with Crippen LogP contribution in [0.1, 0.15) is 18.4 Å². The van der Waals surface area contributed by atoms with Crippen molar-refractivity contribution in [1.29, 1.82) is 0 Å². The minimum atomic E-state index is 0.312. The number of hydrogen-bond acceptors (Lipinski definition) is 3. The first-order valence-corrected chi connectivity index (χ1v) is 9.78. The van der Waals surface area contributed by atoms with Gasteiger partial charge in [0.1, 0.15) is 0 Å². The summed E-state index contributed by atoms with van der Waals surface area (Å²) >= 11 is 0. The molecule has 3 heterocycles. The molecule has 2 aromatic heterocycles. The monoisotopic (exact) mass is 360 g/mol. The topological polar surface area (TPSA) is 40.8 Å². The van der Waals surface area contributed by atoms with E-state index in [9.17, 15) is 4.79 Å². The lowest BCUT2D eigenvalue weighted by atomic mass is 10.0. The van der Waals surface area contributed by atoms with E-state index >= 15 is 0 Å². The zero-order valence-corrected chi connectivity index (χ0v) is 15.6. The number of carbonyl (C=O) groups is 1. The van der Waals surface area contributed by atoms with Gasteiger partial charge in [0.15, 0.2) is 0 Å². The van der Waals surface area contributed by atoms with Gasteiger partial charge in [0.2, 0.25) is 5.91 Å². The highest BCUT2D eigenvalue weighted by Gasteiger charge is 2.34. The first kappa shape index (κ1) is 16.4. The van der Waals surface area contributed by atoms with Gasteiger partial charge >= 0.3 is 0 Å². The highest BCUT2D eigenvalue weighted by molar-refractivity contribution is 5.83. The maximum atomic E-state index is 12.3. The van der Waals surface area contributed by atoms with E-state index < -0.39 is 0 Å². The number of piperazine rings is 1. The van der Waals surface area contributed by atoms with Crippen LogP contribution in [0.25, 0.3) is 16.6 Å². The molecule has 1 saturated heterocycles. The number of anilines is 1. The molecule has 0 spiro atoms. The summed E-state index contributed by atoms with van der Waals surface area (Å²) in [7, 11) is 0. The lowest BCUT2D eigenvalue weighted by Crippen LogP contribution is -2.49. The van der Waals surface area contributed by atoms with Gasteiger partial charge in [-0.1, -0.05) is 24.3 Å². The van der Waals surface area contributed by atoms with E-state index in [0.29, 0.717) is 11.8 Å². The van der Waals surface area contributed by atoms with Crippen molar-refractivity contribution in [2.24, 2.45) is 5.92 Å². The zero-order valence-electron chi connectivity index (χ0n) is 15.6. The van der Waals surface area contributed by atoms with Gasteiger partial charge in [0.25, 0.3) is 0 Å². The molecule has 0 N–H and O–H groups in total. The largest absolute Gasteiger partial charge is 0.366 e. The second kappa shape index (κ2) is 6.41. The van der Waals surface area contributed by atoms with Crippen molar-refractivity contribution >= 4 is 17.1 Å². The van der Waals surface area contributed by atoms with Crippen LogP contribution in [-0.2, 0) is 4.79 Å². The maximum Gasteiger partial charge on any atom is 0.225 e. The molecule has 0 atom stereocenters. The van der Waals surface area contributed by atoms with Gasteiger partial charge in [-0.2, -0.15) is 5.10 Å². The van der Waals surface area contributed by atoms with Crippen LogP contribution in [0.2, 0.25) is 0 Å². The lowest BCUT2D eigenvalue weighted by molar-refractivity contribution is -0.132. The van der Waals surface area contributed by atoms with Gasteiger partial charge in [0.05, 0.1) is 11.2 Å². The number of hydrogen-bond donors (Lipinski definition) is 0. The Bertz CT molecular complexity index is 996. The highest BCUT2D eigenvalue weighted by atomic mass is 16.2. The van der Waals surface area contributed by atoms with Crippen molar-refractivity contribution in [3.63, 3.8) is 0 Å². The predicted octanol–water partition coefficient (Wildman–Crippen LogP) is 3.37. The Hall–Kier alpha value is -2.82. The summed E-state index contributed by atoms with van der Waals surface area (Å²) in [5.74, 6) is 0.672. The Morgan fingerprint density at radius 1 is 1.07 bits per heavy atom. The Morgan fingerprint density at radius 2 is 1.85 bits per heavy atom. The predicted molar refractivity (Wildman–Crippen MR) is 107 cm³/mol. The number of carbonyl (C=O) groups excluding carboxylic acids is 1. The van der Waals surface area contributed by atoms with Gasteiger partial charge in [-0.05, 0) is 43.0 Å². The second-order valence-electron chi connectivity index (χ2n) is 7.68. The number of nitrogens with zero attached hydrogens (tertiary/aromatic N) is 4. The van der Waals surface area contributed by atoms with E-state index in [0.717, 1.165) is 44.5 Å². The summed E-state index contributed by atoms with van der Waals surface area (Å²) in [6.07, 6.45) is 6.13. The molecule has 5 rings (SSSR count). The number of aromatic nitrogens is 2. The smallest absolute Gasteiger partial charge is 0.225 e. The molecule has 1 aliphatic heterocycles. The molecule has 1 aliphatic carbocycles. The van der Waals surface area contributed by atoms with E-state index in [1.807, 2.05) is 15.6 Å². The van der Waals surface area contributed by atoms with Crippen molar-refractivity contribution in [2.45, 2.75) is 19.8 Å². The van der Waals surface area contributed by atoms with E-state index in [1.54, 1.807) is 0 Å². The molecule has 5 nitrogen and oxygen atoms in total. The van der Waals surface area contributed by atoms with Crippen LogP contribution in [0.15, 0.2) is 48.8 Å². The molecule has 5 heteroatoms. The fourth-order valence-corrected chi connectivity index (χ4v) is 4.07. The minimum absolute atomic E-state index is 0.312. The number of aryl methyl sites for hydroxylation is 1. The van der Waals surface area contributed by atoms with Crippen molar-refractivity contribution < 1.29 is 4.79 Å². The maximum absolute atomic E-state index is 12.3. The standard InChI is InChI=1S/C22H24N4O/c1-16-4-2-3-5-19(16)18-14-21-20(8-9-23-26(21)15-18)24-10-12-25(13-11-24)22(27)17-6-7-17/h2-5,8-9,14-15,17H,6-7,10-13H2,1H3. The summed E-state index contributed by atoms with van der Waals surface area (Å²) in [6, 6.07) is 12.8. The van der Waals surface area contributed by atoms with Gasteiger partial charge in [0, 0.05) is 50.1 Å². The van der Waals surface area contributed by atoms with Crippen LogP contribution >= 0.6 is 0 Å². The van der Waals surface area contributed by atoms with E-state index in [4.69, 9.17) is 0 Å². The third-order valence-corrected chi connectivity index (χ3v) is 5.80. The van der Waals surface area contributed by atoms with Crippen LogP contribution in [0.4, 0.5) is 5.69 Å². The fourth-order valence-electron chi connectivity index (χ4n) is 4.07. The molecule has 0 bridgehead atoms. The van der Waals surface area contributed by atoms with Gasteiger partial charge in [-0.25, -0.2) is 4.52 Å². The van der Waals surface area contributed by atoms with Crippen LogP contribution in [0, 0.1) is 12.8 Å². The molecule has 3 aromatic rings. The van der Waals surface area contributed by atoms with Gasteiger partial charge in [-0.15, -0.1) is 0 Å². The zero-order chi connectivity index (χ0) is 18.4. The molecule has 2 fully saturated rings. The Labute approximate surface area is 159 Å². The fraction of sp³-hybridized carbons (Fsp3) is 0.364. The first-order valence-electron chi connectivity index (χ1n) is 9.78. The second-order valence-corrected chi connectivity index (χ2v) is 7.68. The van der Waals surface area contributed by atoms with E-state index in [-0.39, 0.29) is 0 Å². The lowest BCUT2D eigenvalue weighted by Gasteiger charge is -2.36. The summed E-state index contributed by atoms with van der Waals surface area (Å²) in [5.41, 5.74) is 6.02. The third-order valence-electron chi connectivity index (χ3n) is 5.80. The first-order chi connectivity index (χ1) is 13.2. The van der Waals surface area contributed by atoms with Gasteiger partial charge in [-0.3, -0.25) is 4.79 Å². The number of amides is 1. The normalized spacial score (nSPS) is 17.5. The molecule has 0 radical (unpaired) electrons. The SMILES string of the molecule is Cc1ccccc1-c1cc2c(N3CCN(C(=O)C4CC4)CC3)ccnn2c1. The molecule has 2 aliphatic rings. The number of rotatable bonds is 3. The van der Waals surface area contributed by atoms with E-state index in [2.05, 4.69) is 59.5 Å². The Kier molecular flexibility index (Phi) is 3.88. The van der Waals surface area contributed by atoms with Crippen molar-refractivity contribution in [1.82, 2.24) is 14.5 Å². The van der Waals surface area contributed by atoms with E-state index in [1.165, 1.54) is 22.4 Å². The average molecular weight is 360 g/mol. The molecule has 1 aromatic carbocycles. The van der Waals surface area contributed by atoms with Crippen molar-refractivity contribution in [2.75, 3.05) is 31.1 Å². The third kappa shape index (κ3) is 2.97. The number of benzene rings is 1. The molecular formula is C22H24N4O. The molecule has 1 saturated carbocycles.